The second-order valence-corrected chi connectivity index (χ2v) is 11.7. The van der Waals surface area contributed by atoms with Crippen LogP contribution >= 0.6 is 11.1 Å². The maximum Gasteiger partial charge on any atom is 0.156 e. The van der Waals surface area contributed by atoms with Gasteiger partial charge in [0.2, 0.25) is 0 Å². The van der Waals surface area contributed by atoms with Gasteiger partial charge in [-0.2, -0.15) is 11.1 Å². The zero-order valence-corrected chi connectivity index (χ0v) is 14.0. The molecule has 0 unspecified atom stereocenters. The van der Waals surface area contributed by atoms with Crippen molar-refractivity contribution >= 4 is 18.5 Å². The summed E-state index contributed by atoms with van der Waals surface area (Å²) in [4.78, 5) is 0. The van der Waals surface area contributed by atoms with Gasteiger partial charge < -0.3 is 0 Å². The van der Waals surface area contributed by atoms with Gasteiger partial charge in [-0.05, 0) is 43.8 Å². The first-order valence-electron chi connectivity index (χ1n) is 7.59. The highest BCUT2D eigenvalue weighted by molar-refractivity contribution is 7.20. The largest absolute Gasteiger partial charge is 0.167 e. The summed E-state index contributed by atoms with van der Waals surface area (Å²) >= 11 is 6.85. The molecule has 0 atom stereocenters. The van der Waals surface area contributed by atoms with Crippen LogP contribution in [0, 0.1) is 0 Å². The maximum absolute atomic E-state index is 6.85. The van der Waals surface area contributed by atoms with Crippen LogP contribution in [0.2, 0.25) is 18.1 Å². The number of unbranched alkanes of at least 4 members (excludes halogenated alkanes) is 6. The van der Waals surface area contributed by atoms with Gasteiger partial charge in [0, 0.05) is 0 Å². The second kappa shape index (κ2) is 12.0. The Morgan fingerprint density at radius 2 is 1.28 bits per heavy atom. The first-order valence-corrected chi connectivity index (χ1v) is 11.2. The van der Waals surface area contributed by atoms with Crippen molar-refractivity contribution in [3.05, 3.63) is 25.3 Å². The first-order chi connectivity index (χ1) is 8.68. The van der Waals surface area contributed by atoms with Crippen LogP contribution < -0.4 is 0 Å². The molecule has 18 heavy (non-hydrogen) atoms. The van der Waals surface area contributed by atoms with E-state index in [1.807, 2.05) is 12.2 Å². The minimum Gasteiger partial charge on any atom is -0.167 e. The molecule has 0 amide bonds. The summed E-state index contributed by atoms with van der Waals surface area (Å²) in [5.74, 6) is 0. The lowest BCUT2D eigenvalue weighted by Crippen LogP contribution is -2.25. The lowest BCUT2D eigenvalue weighted by Gasteiger charge is -2.22. The van der Waals surface area contributed by atoms with Crippen LogP contribution in [0.3, 0.4) is 0 Å². The molecule has 0 aliphatic rings. The highest BCUT2D eigenvalue weighted by Gasteiger charge is 2.26. The van der Waals surface area contributed by atoms with E-state index in [-0.39, 0.29) is 0 Å². The Morgan fingerprint density at radius 3 is 1.61 bits per heavy atom. The van der Waals surface area contributed by atoms with E-state index in [4.69, 9.17) is 11.1 Å². The van der Waals surface area contributed by atoms with Crippen LogP contribution in [-0.2, 0) is 0 Å². The molecule has 0 rings (SSSR count). The SMILES string of the molecule is C=CCCCCC[Si](Cl)(CC)CCCCCC=C. The fourth-order valence-corrected chi connectivity index (χ4v) is 5.82. The van der Waals surface area contributed by atoms with Gasteiger partial charge in [-0.1, -0.05) is 44.8 Å². The first kappa shape index (κ1) is 18.0. The molecule has 0 fully saturated rings. The van der Waals surface area contributed by atoms with Crippen LogP contribution in [0.25, 0.3) is 0 Å². The summed E-state index contributed by atoms with van der Waals surface area (Å²) in [6, 6.07) is 3.85. The maximum atomic E-state index is 6.85. The van der Waals surface area contributed by atoms with Crippen molar-refractivity contribution < 1.29 is 0 Å². The number of halogens is 1. The molecule has 2 heteroatoms. The minimum absolute atomic E-state index is 1.16. The summed E-state index contributed by atoms with van der Waals surface area (Å²) < 4.78 is 0. The van der Waals surface area contributed by atoms with E-state index in [2.05, 4.69) is 20.1 Å². The lowest BCUT2D eigenvalue weighted by molar-refractivity contribution is 0.706. The van der Waals surface area contributed by atoms with Gasteiger partial charge in [0.05, 0.1) is 0 Å². The van der Waals surface area contributed by atoms with Gasteiger partial charge >= 0.3 is 0 Å². The predicted octanol–water partition coefficient (Wildman–Crippen LogP) is 6.68. The molecule has 0 aromatic rings. The molecule has 0 radical (unpaired) electrons. The number of hydrogen-bond acceptors (Lipinski definition) is 0. The van der Waals surface area contributed by atoms with E-state index in [1.54, 1.807) is 0 Å². The molecule has 0 saturated heterocycles. The number of rotatable bonds is 13. The molecule has 0 aromatic carbocycles. The summed E-state index contributed by atoms with van der Waals surface area (Å²) in [5, 5.41) is 0. The molecule has 0 nitrogen and oxygen atoms in total. The average Bonchev–Trinajstić information content (AvgIpc) is 2.38. The number of hydrogen-bond donors (Lipinski definition) is 0. The number of allylic oxidation sites excluding steroid dienone is 2. The second-order valence-electron chi connectivity index (χ2n) is 5.28. The Labute approximate surface area is 120 Å². The molecular formula is C16H31ClSi. The van der Waals surface area contributed by atoms with Crippen LogP contribution in [-0.4, -0.2) is 7.38 Å². The molecule has 0 N–H and O–H groups in total. The Balaban J connectivity index is 3.66. The third-order valence-corrected chi connectivity index (χ3v) is 9.40. The Kier molecular flexibility index (Phi) is 12.0. The Morgan fingerprint density at radius 1 is 0.833 bits per heavy atom. The molecule has 0 spiro atoms. The van der Waals surface area contributed by atoms with Crippen LogP contribution in [0.4, 0.5) is 0 Å². The summed E-state index contributed by atoms with van der Waals surface area (Å²) in [6.45, 7) is 9.81. The van der Waals surface area contributed by atoms with Crippen molar-refractivity contribution in [2.75, 3.05) is 0 Å². The zero-order chi connectivity index (χ0) is 13.7. The Bertz CT molecular complexity index is 195. The van der Waals surface area contributed by atoms with Crippen LogP contribution in [0.5, 0.6) is 0 Å². The molecule has 0 bridgehead atoms. The molecule has 0 aliphatic heterocycles. The summed E-state index contributed by atoms with van der Waals surface area (Å²) in [6.07, 6.45) is 14.2. The smallest absolute Gasteiger partial charge is 0.156 e. The van der Waals surface area contributed by atoms with Gasteiger partial charge in [0.25, 0.3) is 0 Å². The monoisotopic (exact) mass is 286 g/mol. The molecule has 0 heterocycles. The fraction of sp³-hybridized carbons (Fsp3) is 0.750. The van der Waals surface area contributed by atoms with Gasteiger partial charge in [-0.3, -0.25) is 0 Å². The molecular weight excluding hydrogens is 256 g/mol. The van der Waals surface area contributed by atoms with Crippen molar-refractivity contribution in [3.63, 3.8) is 0 Å². The average molecular weight is 287 g/mol. The highest BCUT2D eigenvalue weighted by atomic mass is 35.6. The van der Waals surface area contributed by atoms with Gasteiger partial charge in [-0.15, -0.1) is 13.2 Å². The minimum atomic E-state index is -1.42. The lowest BCUT2D eigenvalue weighted by atomic mass is 10.2. The standard InChI is InChI=1S/C16H31ClSi/c1-4-7-9-11-13-15-18(17,6-3)16-14-12-10-8-5-2/h4-5H,1-2,6-16H2,3H3. The zero-order valence-electron chi connectivity index (χ0n) is 12.2. The third-order valence-electron chi connectivity index (χ3n) is 3.70. The predicted molar refractivity (Wildman–Crippen MR) is 89.0 cm³/mol. The van der Waals surface area contributed by atoms with E-state index in [0.717, 1.165) is 12.8 Å². The van der Waals surface area contributed by atoms with E-state index >= 15 is 0 Å². The van der Waals surface area contributed by atoms with Gasteiger partial charge in [-0.25, -0.2) is 0 Å². The summed E-state index contributed by atoms with van der Waals surface area (Å²) in [7, 11) is -1.42. The Hall–Kier alpha value is -0.0131. The molecule has 0 saturated carbocycles. The van der Waals surface area contributed by atoms with Crippen LogP contribution in [0.15, 0.2) is 25.3 Å². The topological polar surface area (TPSA) is 0 Å². The van der Waals surface area contributed by atoms with Gasteiger partial charge in [0.1, 0.15) is 0 Å². The fourth-order valence-electron chi connectivity index (χ4n) is 2.29. The van der Waals surface area contributed by atoms with E-state index in [1.165, 1.54) is 56.7 Å². The van der Waals surface area contributed by atoms with Gasteiger partial charge in [0.15, 0.2) is 7.38 Å². The van der Waals surface area contributed by atoms with E-state index in [9.17, 15) is 0 Å². The highest BCUT2D eigenvalue weighted by Crippen LogP contribution is 2.30. The van der Waals surface area contributed by atoms with Crippen molar-refractivity contribution in [2.24, 2.45) is 0 Å². The van der Waals surface area contributed by atoms with Crippen molar-refractivity contribution in [1.29, 1.82) is 0 Å². The van der Waals surface area contributed by atoms with Crippen molar-refractivity contribution in [1.82, 2.24) is 0 Å². The molecule has 0 aromatic heterocycles. The third kappa shape index (κ3) is 9.96. The van der Waals surface area contributed by atoms with Crippen molar-refractivity contribution in [2.45, 2.75) is 76.4 Å². The molecule has 106 valence electrons. The van der Waals surface area contributed by atoms with Crippen LogP contribution in [0.1, 0.15) is 58.3 Å². The molecule has 0 aliphatic carbocycles. The normalized spacial score (nSPS) is 11.4. The van der Waals surface area contributed by atoms with E-state index < -0.39 is 7.38 Å². The summed E-state index contributed by atoms with van der Waals surface area (Å²) in [5.41, 5.74) is 0. The van der Waals surface area contributed by atoms with Crippen molar-refractivity contribution in [3.8, 4) is 0 Å². The quantitative estimate of drug-likeness (QED) is 0.153. The van der Waals surface area contributed by atoms with E-state index in [0.29, 0.717) is 0 Å².